The third kappa shape index (κ3) is 6.81. The Balaban J connectivity index is 1.67. The molecular weight excluding hydrogens is 422 g/mol. The third-order valence-corrected chi connectivity index (χ3v) is 5.55. The number of pyridine rings is 2. The average molecular weight is 450 g/mol. The molecule has 3 aromatic rings. The van der Waals surface area contributed by atoms with Gasteiger partial charge in [0.15, 0.2) is 0 Å². The lowest BCUT2D eigenvalue weighted by Crippen LogP contribution is -2.29. The van der Waals surface area contributed by atoms with Crippen molar-refractivity contribution in [1.29, 1.82) is 0 Å². The summed E-state index contributed by atoms with van der Waals surface area (Å²) in [6.07, 6.45) is 4.19. The molecule has 0 aliphatic heterocycles. The highest BCUT2D eigenvalue weighted by Gasteiger charge is 2.14. The van der Waals surface area contributed by atoms with Gasteiger partial charge in [-0.2, -0.15) is 0 Å². The number of benzene rings is 1. The summed E-state index contributed by atoms with van der Waals surface area (Å²) in [5.41, 5.74) is 4.42. The molecule has 0 aliphatic carbocycles. The van der Waals surface area contributed by atoms with Crippen LogP contribution in [0.25, 0.3) is 0 Å². The van der Waals surface area contributed by atoms with Gasteiger partial charge in [-0.05, 0) is 73.4 Å². The number of thioether (sulfide) groups is 1. The van der Waals surface area contributed by atoms with E-state index in [2.05, 4.69) is 32.0 Å². The molecule has 0 saturated carbocycles. The van der Waals surface area contributed by atoms with E-state index < -0.39 is 0 Å². The summed E-state index contributed by atoms with van der Waals surface area (Å²) in [6, 6.07) is 12.9. The van der Waals surface area contributed by atoms with Gasteiger partial charge in [0, 0.05) is 30.4 Å². The second kappa shape index (κ2) is 11.3. The van der Waals surface area contributed by atoms with Gasteiger partial charge in [-0.1, -0.05) is 13.0 Å². The van der Waals surface area contributed by atoms with Crippen molar-refractivity contribution in [3.05, 3.63) is 77.1 Å². The van der Waals surface area contributed by atoms with Crippen LogP contribution in [0.1, 0.15) is 40.4 Å². The summed E-state index contributed by atoms with van der Waals surface area (Å²) in [6.45, 7) is 6.59. The summed E-state index contributed by atoms with van der Waals surface area (Å²) >= 11 is 1.46. The summed E-state index contributed by atoms with van der Waals surface area (Å²) in [7, 11) is 0. The van der Waals surface area contributed by atoms with Crippen molar-refractivity contribution in [1.82, 2.24) is 15.3 Å². The summed E-state index contributed by atoms with van der Waals surface area (Å²) in [4.78, 5) is 33.3. The van der Waals surface area contributed by atoms with Crippen LogP contribution in [0.2, 0.25) is 0 Å². The standard InChI is InChI=1S/C24H27N5O2S/c1-4-8-27-24(31)29-21-14-18(7-10-25-21)15-32-23-20(6-5-9-26-23)22(30)28-19-12-16(2)11-17(3)13-19/h5-7,9-14H,4,8,15H2,1-3H3,(H,28,30)(H2,25,27,29,31). The Morgan fingerprint density at radius 1 is 0.969 bits per heavy atom. The minimum atomic E-state index is -0.278. The number of nitrogens with one attached hydrogen (secondary N) is 3. The molecular formula is C24H27N5O2S. The minimum Gasteiger partial charge on any atom is -0.338 e. The zero-order valence-electron chi connectivity index (χ0n) is 18.4. The summed E-state index contributed by atoms with van der Waals surface area (Å²) in [5.74, 6) is 0.857. The van der Waals surface area contributed by atoms with E-state index in [1.54, 1.807) is 24.5 Å². The highest BCUT2D eigenvalue weighted by Crippen LogP contribution is 2.26. The van der Waals surface area contributed by atoms with Gasteiger partial charge in [-0.3, -0.25) is 10.1 Å². The van der Waals surface area contributed by atoms with Crippen LogP contribution in [-0.4, -0.2) is 28.5 Å². The van der Waals surface area contributed by atoms with Crippen molar-refractivity contribution in [2.45, 2.75) is 38.0 Å². The van der Waals surface area contributed by atoms with Crippen LogP contribution in [0.4, 0.5) is 16.3 Å². The topological polar surface area (TPSA) is 96.0 Å². The predicted octanol–water partition coefficient (Wildman–Crippen LogP) is 5.17. The fourth-order valence-electron chi connectivity index (χ4n) is 3.11. The molecule has 2 aromatic heterocycles. The van der Waals surface area contributed by atoms with E-state index in [0.717, 1.165) is 28.8 Å². The number of carbonyl (C=O) groups excluding carboxylic acids is 2. The van der Waals surface area contributed by atoms with Crippen LogP contribution < -0.4 is 16.0 Å². The molecule has 0 fully saturated rings. The lowest BCUT2D eigenvalue weighted by Gasteiger charge is -2.11. The fraction of sp³-hybridized carbons (Fsp3) is 0.250. The van der Waals surface area contributed by atoms with Crippen molar-refractivity contribution in [3.8, 4) is 0 Å². The molecule has 166 valence electrons. The van der Waals surface area contributed by atoms with Gasteiger partial charge in [0.05, 0.1) is 5.56 Å². The Morgan fingerprint density at radius 2 is 1.75 bits per heavy atom. The van der Waals surface area contributed by atoms with Gasteiger partial charge in [-0.25, -0.2) is 14.8 Å². The Kier molecular flexibility index (Phi) is 8.21. The number of hydrogen-bond acceptors (Lipinski definition) is 5. The van der Waals surface area contributed by atoms with E-state index in [1.165, 1.54) is 11.8 Å². The lowest BCUT2D eigenvalue weighted by molar-refractivity contribution is 0.102. The molecule has 3 N–H and O–H groups in total. The van der Waals surface area contributed by atoms with Gasteiger partial charge >= 0.3 is 6.03 Å². The Bertz CT molecular complexity index is 1080. The number of aromatic nitrogens is 2. The number of rotatable bonds is 8. The largest absolute Gasteiger partial charge is 0.338 e. The molecule has 0 radical (unpaired) electrons. The second-order valence-electron chi connectivity index (χ2n) is 7.41. The maximum Gasteiger partial charge on any atom is 0.320 e. The first-order valence-electron chi connectivity index (χ1n) is 10.4. The monoisotopic (exact) mass is 449 g/mol. The van der Waals surface area contributed by atoms with Crippen LogP contribution in [-0.2, 0) is 5.75 Å². The Morgan fingerprint density at radius 3 is 2.50 bits per heavy atom. The molecule has 0 atom stereocenters. The molecule has 8 heteroatoms. The number of hydrogen-bond donors (Lipinski definition) is 3. The van der Waals surface area contributed by atoms with Gasteiger partial charge in [0.1, 0.15) is 10.8 Å². The Labute approximate surface area is 192 Å². The van der Waals surface area contributed by atoms with Gasteiger partial charge in [-0.15, -0.1) is 11.8 Å². The normalized spacial score (nSPS) is 10.5. The van der Waals surface area contributed by atoms with Crippen LogP contribution in [0, 0.1) is 13.8 Å². The third-order valence-electron chi connectivity index (χ3n) is 4.47. The molecule has 32 heavy (non-hydrogen) atoms. The molecule has 0 unspecified atom stereocenters. The molecule has 0 bridgehead atoms. The molecule has 0 spiro atoms. The van der Waals surface area contributed by atoms with Gasteiger partial charge in [0.25, 0.3) is 5.91 Å². The number of anilines is 2. The quantitative estimate of drug-likeness (QED) is 0.412. The average Bonchev–Trinajstić information content (AvgIpc) is 2.76. The van der Waals surface area contributed by atoms with E-state index in [1.807, 2.05) is 45.0 Å². The number of carbonyl (C=O) groups is 2. The fourth-order valence-corrected chi connectivity index (χ4v) is 4.04. The first kappa shape index (κ1) is 23.3. The molecule has 0 saturated heterocycles. The molecule has 1 aromatic carbocycles. The first-order valence-corrected chi connectivity index (χ1v) is 11.4. The van der Waals surface area contributed by atoms with E-state index in [0.29, 0.717) is 28.7 Å². The first-order chi connectivity index (χ1) is 15.4. The zero-order chi connectivity index (χ0) is 22.9. The van der Waals surface area contributed by atoms with Crippen LogP contribution in [0.3, 0.4) is 0 Å². The number of aryl methyl sites for hydroxylation is 2. The molecule has 3 rings (SSSR count). The van der Waals surface area contributed by atoms with Crippen LogP contribution in [0.5, 0.6) is 0 Å². The maximum absolute atomic E-state index is 12.9. The van der Waals surface area contributed by atoms with Crippen molar-refractivity contribution < 1.29 is 9.59 Å². The summed E-state index contributed by atoms with van der Waals surface area (Å²) in [5, 5.41) is 9.10. The Hall–Kier alpha value is -3.39. The predicted molar refractivity (Wildman–Crippen MR) is 129 cm³/mol. The molecule has 0 aliphatic rings. The van der Waals surface area contributed by atoms with Gasteiger partial charge < -0.3 is 10.6 Å². The van der Waals surface area contributed by atoms with Crippen molar-refractivity contribution in [2.75, 3.05) is 17.2 Å². The highest BCUT2D eigenvalue weighted by molar-refractivity contribution is 7.98. The number of amides is 3. The van der Waals surface area contributed by atoms with Gasteiger partial charge in [0.2, 0.25) is 0 Å². The van der Waals surface area contributed by atoms with E-state index in [4.69, 9.17) is 0 Å². The molecule has 3 amide bonds. The van der Waals surface area contributed by atoms with E-state index >= 15 is 0 Å². The smallest absolute Gasteiger partial charge is 0.320 e. The van der Waals surface area contributed by atoms with Crippen molar-refractivity contribution in [3.63, 3.8) is 0 Å². The van der Waals surface area contributed by atoms with E-state index in [-0.39, 0.29) is 11.9 Å². The van der Waals surface area contributed by atoms with Crippen molar-refractivity contribution in [2.24, 2.45) is 0 Å². The van der Waals surface area contributed by atoms with E-state index in [9.17, 15) is 9.59 Å². The number of nitrogens with zero attached hydrogens (tertiary/aromatic N) is 2. The minimum absolute atomic E-state index is 0.199. The molecule has 2 heterocycles. The molecule has 7 nitrogen and oxygen atoms in total. The lowest BCUT2D eigenvalue weighted by atomic mass is 10.1. The number of urea groups is 1. The van der Waals surface area contributed by atoms with Crippen LogP contribution >= 0.6 is 11.8 Å². The highest BCUT2D eigenvalue weighted by atomic mass is 32.2. The zero-order valence-corrected chi connectivity index (χ0v) is 19.3. The second-order valence-corrected chi connectivity index (χ2v) is 8.37. The summed E-state index contributed by atoms with van der Waals surface area (Å²) < 4.78 is 0. The maximum atomic E-state index is 12.9. The van der Waals surface area contributed by atoms with Crippen molar-refractivity contribution >= 4 is 35.2 Å². The van der Waals surface area contributed by atoms with Crippen LogP contribution in [0.15, 0.2) is 59.9 Å². The SMILES string of the molecule is CCCNC(=O)Nc1cc(CSc2ncccc2C(=O)Nc2cc(C)cc(C)c2)ccn1.